The van der Waals surface area contributed by atoms with Gasteiger partial charge in [-0.2, -0.15) is 0 Å². The van der Waals surface area contributed by atoms with Crippen molar-refractivity contribution in [3.8, 4) is 0 Å². The Morgan fingerprint density at radius 2 is 1.83 bits per heavy atom. The second kappa shape index (κ2) is 5.75. The second-order valence-electron chi connectivity index (χ2n) is 5.71. The molecule has 0 saturated carbocycles. The highest BCUT2D eigenvalue weighted by Gasteiger charge is 2.12. The highest BCUT2D eigenvalue weighted by atomic mass is 15.1. The quantitative estimate of drug-likeness (QED) is 0.857. The van der Waals surface area contributed by atoms with E-state index in [-0.39, 0.29) is 0 Å². The van der Waals surface area contributed by atoms with E-state index in [0.717, 1.165) is 13.1 Å². The van der Waals surface area contributed by atoms with Crippen molar-refractivity contribution in [1.82, 2.24) is 4.90 Å². The molecule has 0 atom stereocenters. The molecule has 2 heterocycles. The van der Waals surface area contributed by atoms with Crippen LogP contribution in [0.4, 0.5) is 5.69 Å². The van der Waals surface area contributed by atoms with Gasteiger partial charge in [0.2, 0.25) is 0 Å². The number of hydrogen-bond donors (Lipinski definition) is 1. The molecule has 0 aromatic heterocycles. The molecule has 98 valence electrons. The fourth-order valence-corrected chi connectivity index (χ4v) is 3.16. The van der Waals surface area contributed by atoms with Crippen molar-refractivity contribution < 1.29 is 0 Å². The number of benzene rings is 1. The Kier molecular flexibility index (Phi) is 3.84. The lowest BCUT2D eigenvalue weighted by Crippen LogP contribution is -2.24. The zero-order valence-electron chi connectivity index (χ0n) is 11.3. The number of nitrogens with zero attached hydrogens (tertiary/aromatic N) is 1. The van der Waals surface area contributed by atoms with Crippen LogP contribution < -0.4 is 5.32 Å². The molecule has 0 amide bonds. The van der Waals surface area contributed by atoms with Crippen molar-refractivity contribution in [2.24, 2.45) is 0 Å². The molecule has 3 rings (SSSR count). The van der Waals surface area contributed by atoms with Crippen LogP contribution in [0.3, 0.4) is 0 Å². The topological polar surface area (TPSA) is 15.3 Å². The summed E-state index contributed by atoms with van der Waals surface area (Å²) in [5, 5.41) is 3.53. The number of anilines is 1. The Bertz CT molecular complexity index is 392. The molecule has 2 nitrogen and oxygen atoms in total. The maximum atomic E-state index is 3.53. The molecular weight excluding hydrogens is 220 g/mol. The molecule has 1 fully saturated rings. The predicted octanol–water partition coefficient (Wildman–Crippen LogP) is 3.42. The van der Waals surface area contributed by atoms with Gasteiger partial charge in [0.15, 0.2) is 0 Å². The van der Waals surface area contributed by atoms with Crippen molar-refractivity contribution in [2.45, 2.75) is 45.1 Å². The summed E-state index contributed by atoms with van der Waals surface area (Å²) in [6.45, 7) is 4.84. The Hall–Kier alpha value is -1.02. The van der Waals surface area contributed by atoms with Gasteiger partial charge in [-0.15, -0.1) is 0 Å². The van der Waals surface area contributed by atoms with Crippen LogP contribution in [0.2, 0.25) is 0 Å². The van der Waals surface area contributed by atoms with E-state index in [0.29, 0.717) is 0 Å². The summed E-state index contributed by atoms with van der Waals surface area (Å²) < 4.78 is 0. The van der Waals surface area contributed by atoms with E-state index in [2.05, 4.69) is 28.4 Å². The van der Waals surface area contributed by atoms with Gasteiger partial charge >= 0.3 is 0 Å². The SMILES string of the molecule is c1cc2c(cc1CN1CCCCCC1)NCCC2. The second-order valence-corrected chi connectivity index (χ2v) is 5.71. The summed E-state index contributed by atoms with van der Waals surface area (Å²) in [4.78, 5) is 2.62. The first-order valence-corrected chi connectivity index (χ1v) is 7.50. The monoisotopic (exact) mass is 244 g/mol. The molecule has 1 saturated heterocycles. The fourth-order valence-electron chi connectivity index (χ4n) is 3.16. The Morgan fingerprint density at radius 3 is 2.67 bits per heavy atom. The summed E-state index contributed by atoms with van der Waals surface area (Å²) in [6, 6.07) is 7.03. The molecule has 0 radical (unpaired) electrons. The maximum Gasteiger partial charge on any atom is 0.0375 e. The van der Waals surface area contributed by atoms with Gasteiger partial charge in [-0.25, -0.2) is 0 Å². The molecule has 1 N–H and O–H groups in total. The number of aryl methyl sites for hydroxylation is 1. The van der Waals surface area contributed by atoms with E-state index in [1.54, 1.807) is 0 Å². The van der Waals surface area contributed by atoms with Gasteiger partial charge < -0.3 is 5.32 Å². The molecule has 2 aliphatic rings. The van der Waals surface area contributed by atoms with E-state index in [9.17, 15) is 0 Å². The van der Waals surface area contributed by atoms with Gasteiger partial charge in [-0.05, 0) is 56.0 Å². The van der Waals surface area contributed by atoms with E-state index in [4.69, 9.17) is 0 Å². The van der Waals surface area contributed by atoms with E-state index >= 15 is 0 Å². The Morgan fingerprint density at radius 1 is 1.00 bits per heavy atom. The van der Waals surface area contributed by atoms with Crippen LogP contribution in [-0.2, 0) is 13.0 Å². The molecule has 1 aromatic carbocycles. The van der Waals surface area contributed by atoms with Crippen molar-refractivity contribution >= 4 is 5.69 Å². The van der Waals surface area contributed by atoms with Crippen LogP contribution in [0.1, 0.15) is 43.2 Å². The fraction of sp³-hybridized carbons (Fsp3) is 0.625. The molecule has 18 heavy (non-hydrogen) atoms. The molecule has 2 aliphatic heterocycles. The zero-order valence-corrected chi connectivity index (χ0v) is 11.3. The normalized spacial score (nSPS) is 20.9. The average molecular weight is 244 g/mol. The smallest absolute Gasteiger partial charge is 0.0375 e. The first-order chi connectivity index (χ1) is 8.92. The van der Waals surface area contributed by atoms with Crippen molar-refractivity contribution in [1.29, 1.82) is 0 Å². The van der Waals surface area contributed by atoms with Gasteiger partial charge in [0.25, 0.3) is 0 Å². The number of nitrogens with one attached hydrogen (secondary N) is 1. The number of fused-ring (bicyclic) bond motifs is 1. The molecule has 0 bridgehead atoms. The van der Waals surface area contributed by atoms with Gasteiger partial charge in [-0.3, -0.25) is 4.90 Å². The minimum atomic E-state index is 1.13. The van der Waals surface area contributed by atoms with Gasteiger partial charge in [0.05, 0.1) is 0 Å². The average Bonchev–Trinajstić information content (AvgIpc) is 2.67. The number of hydrogen-bond acceptors (Lipinski definition) is 2. The van der Waals surface area contributed by atoms with Crippen molar-refractivity contribution in [2.75, 3.05) is 25.0 Å². The lowest BCUT2D eigenvalue weighted by Gasteiger charge is -2.22. The summed E-state index contributed by atoms with van der Waals surface area (Å²) in [7, 11) is 0. The van der Waals surface area contributed by atoms with Crippen molar-refractivity contribution in [3.63, 3.8) is 0 Å². The molecule has 0 spiro atoms. The summed E-state index contributed by atoms with van der Waals surface area (Å²) >= 11 is 0. The molecule has 0 unspecified atom stereocenters. The van der Waals surface area contributed by atoms with E-state index in [1.165, 1.54) is 68.4 Å². The third kappa shape index (κ3) is 2.86. The number of rotatable bonds is 2. The molecular formula is C16H24N2. The summed E-state index contributed by atoms with van der Waals surface area (Å²) in [6.07, 6.45) is 8.11. The van der Waals surface area contributed by atoms with Crippen LogP contribution in [0.25, 0.3) is 0 Å². The van der Waals surface area contributed by atoms with Gasteiger partial charge in [-0.1, -0.05) is 25.0 Å². The predicted molar refractivity (Wildman–Crippen MR) is 77.0 cm³/mol. The largest absolute Gasteiger partial charge is 0.385 e. The van der Waals surface area contributed by atoms with Gasteiger partial charge in [0, 0.05) is 18.8 Å². The van der Waals surface area contributed by atoms with Crippen LogP contribution in [-0.4, -0.2) is 24.5 Å². The van der Waals surface area contributed by atoms with Crippen LogP contribution >= 0.6 is 0 Å². The third-order valence-corrected chi connectivity index (χ3v) is 4.22. The lowest BCUT2D eigenvalue weighted by molar-refractivity contribution is 0.277. The standard InChI is InChI=1S/C16H24N2/c1-2-4-11-18(10-3-1)13-14-7-8-15-6-5-9-17-16(15)12-14/h7-8,12,17H,1-6,9-11,13H2. The lowest BCUT2D eigenvalue weighted by atomic mass is 10.0. The minimum Gasteiger partial charge on any atom is -0.385 e. The zero-order chi connectivity index (χ0) is 12.2. The highest BCUT2D eigenvalue weighted by molar-refractivity contribution is 5.54. The Labute approximate surface area is 110 Å². The van der Waals surface area contributed by atoms with E-state index in [1.807, 2.05) is 0 Å². The molecule has 0 aliphatic carbocycles. The molecule has 1 aromatic rings. The first kappa shape index (κ1) is 12.0. The highest BCUT2D eigenvalue weighted by Crippen LogP contribution is 2.24. The minimum absolute atomic E-state index is 1.13. The number of likely N-dealkylation sites (tertiary alicyclic amines) is 1. The summed E-state index contributed by atoms with van der Waals surface area (Å²) in [5.41, 5.74) is 4.36. The molecule has 2 heteroatoms. The first-order valence-electron chi connectivity index (χ1n) is 7.50. The maximum absolute atomic E-state index is 3.53. The van der Waals surface area contributed by atoms with Crippen LogP contribution in [0, 0.1) is 0 Å². The Balaban J connectivity index is 1.68. The third-order valence-electron chi connectivity index (χ3n) is 4.22. The van der Waals surface area contributed by atoms with Gasteiger partial charge in [0.1, 0.15) is 0 Å². The van der Waals surface area contributed by atoms with Crippen LogP contribution in [0.15, 0.2) is 18.2 Å². The van der Waals surface area contributed by atoms with Crippen molar-refractivity contribution in [3.05, 3.63) is 29.3 Å². The summed E-state index contributed by atoms with van der Waals surface area (Å²) in [5.74, 6) is 0. The van der Waals surface area contributed by atoms with Crippen LogP contribution in [0.5, 0.6) is 0 Å². The van der Waals surface area contributed by atoms with E-state index < -0.39 is 0 Å².